The molecule has 1 aliphatic rings. The summed E-state index contributed by atoms with van der Waals surface area (Å²) in [6, 6.07) is 14.2. The Bertz CT molecular complexity index is 1400. The summed E-state index contributed by atoms with van der Waals surface area (Å²) in [5.74, 6) is 0.388. The monoisotopic (exact) mass is 417 g/mol. The average Bonchev–Trinajstić information content (AvgIpc) is 3.51. The van der Waals surface area contributed by atoms with E-state index < -0.39 is 0 Å². The first-order chi connectivity index (χ1) is 15.1. The van der Waals surface area contributed by atoms with Gasteiger partial charge < -0.3 is 5.32 Å². The van der Waals surface area contributed by atoms with Crippen molar-refractivity contribution in [2.45, 2.75) is 31.8 Å². The third kappa shape index (κ3) is 3.75. The van der Waals surface area contributed by atoms with Gasteiger partial charge in [0.1, 0.15) is 0 Å². The van der Waals surface area contributed by atoms with Crippen LogP contribution in [-0.2, 0) is 11.3 Å². The highest BCUT2D eigenvalue weighted by Crippen LogP contribution is 2.36. The molecule has 1 saturated carbocycles. The molecule has 2 heterocycles. The van der Waals surface area contributed by atoms with E-state index in [9.17, 15) is 14.4 Å². The molecule has 0 saturated heterocycles. The summed E-state index contributed by atoms with van der Waals surface area (Å²) in [4.78, 5) is 37.2. The van der Waals surface area contributed by atoms with E-state index in [1.807, 2.05) is 22.9 Å². The molecule has 4 aromatic rings. The van der Waals surface area contributed by atoms with Crippen LogP contribution in [0.3, 0.4) is 0 Å². The number of tetrazole rings is 1. The van der Waals surface area contributed by atoms with E-state index in [2.05, 4.69) is 25.9 Å². The molecule has 31 heavy (non-hydrogen) atoms. The number of carbonyl (C=O) groups excluding carboxylic acids is 1. The zero-order chi connectivity index (χ0) is 21.4. The largest absolute Gasteiger partial charge is 0.326 e. The predicted octanol–water partition coefficient (Wildman–Crippen LogP) is 1.71. The maximum atomic E-state index is 12.6. The quantitative estimate of drug-likeness (QED) is 0.492. The van der Waals surface area contributed by atoms with Crippen LogP contribution in [0.15, 0.2) is 58.1 Å². The number of aromatic amines is 1. The summed E-state index contributed by atoms with van der Waals surface area (Å²) in [6.45, 7) is 0.0599. The number of nitrogens with zero attached hydrogens (tertiary/aromatic N) is 5. The van der Waals surface area contributed by atoms with Crippen molar-refractivity contribution in [3.63, 3.8) is 0 Å². The van der Waals surface area contributed by atoms with Crippen molar-refractivity contribution in [2.24, 2.45) is 0 Å². The van der Waals surface area contributed by atoms with Crippen molar-refractivity contribution < 1.29 is 4.79 Å². The molecule has 0 spiro atoms. The van der Waals surface area contributed by atoms with Gasteiger partial charge in [0.2, 0.25) is 5.91 Å². The van der Waals surface area contributed by atoms with Gasteiger partial charge in [-0.2, -0.15) is 0 Å². The van der Waals surface area contributed by atoms with E-state index >= 15 is 0 Å². The molecule has 5 rings (SSSR count). The van der Waals surface area contributed by atoms with Crippen LogP contribution in [0.4, 0.5) is 5.69 Å². The Labute approximate surface area is 175 Å². The molecule has 2 N–H and O–H groups in total. The van der Waals surface area contributed by atoms with Gasteiger partial charge in [-0.1, -0.05) is 24.3 Å². The lowest BCUT2D eigenvalue weighted by atomic mass is 10.2. The van der Waals surface area contributed by atoms with Crippen LogP contribution in [0.25, 0.3) is 22.2 Å². The van der Waals surface area contributed by atoms with Gasteiger partial charge in [-0.15, -0.1) is 5.10 Å². The van der Waals surface area contributed by atoms with Crippen molar-refractivity contribution in [3.8, 4) is 11.4 Å². The molecule has 156 valence electrons. The predicted molar refractivity (Wildman–Crippen MR) is 114 cm³/mol. The van der Waals surface area contributed by atoms with Crippen molar-refractivity contribution in [3.05, 3.63) is 69.2 Å². The van der Waals surface area contributed by atoms with Crippen LogP contribution in [0, 0.1) is 0 Å². The number of aryl methyl sites for hydroxylation is 1. The van der Waals surface area contributed by atoms with Crippen LogP contribution < -0.4 is 16.4 Å². The van der Waals surface area contributed by atoms with Crippen LogP contribution in [-0.4, -0.2) is 35.9 Å². The lowest BCUT2D eigenvalue weighted by molar-refractivity contribution is -0.116. The zero-order valence-electron chi connectivity index (χ0n) is 16.5. The lowest BCUT2D eigenvalue weighted by Crippen LogP contribution is -2.31. The number of amides is 1. The summed E-state index contributed by atoms with van der Waals surface area (Å²) < 4.78 is 2.98. The van der Waals surface area contributed by atoms with Crippen molar-refractivity contribution >= 4 is 22.4 Å². The summed E-state index contributed by atoms with van der Waals surface area (Å²) in [5, 5.41) is 17.9. The SMILES string of the molecule is O=C(CCn1[nH]c(=O)c2ccccc2c1=O)Nc1cccc(-c2nnnn2C2CC2)c1. The number of carbonyl (C=O) groups is 1. The van der Waals surface area contributed by atoms with Crippen molar-refractivity contribution in [1.29, 1.82) is 0 Å². The third-order valence-electron chi connectivity index (χ3n) is 5.24. The maximum Gasteiger partial charge on any atom is 0.273 e. The number of hydrogen-bond donors (Lipinski definition) is 2. The molecule has 0 radical (unpaired) electrons. The Balaban J connectivity index is 1.30. The molecule has 2 aromatic carbocycles. The molecule has 0 unspecified atom stereocenters. The van der Waals surface area contributed by atoms with Crippen LogP contribution in [0.5, 0.6) is 0 Å². The molecular formula is C21H19N7O3. The fourth-order valence-electron chi connectivity index (χ4n) is 3.53. The van der Waals surface area contributed by atoms with Crippen LogP contribution in [0.1, 0.15) is 25.3 Å². The summed E-state index contributed by atoms with van der Waals surface area (Å²) in [7, 11) is 0. The van der Waals surface area contributed by atoms with Crippen molar-refractivity contribution in [1.82, 2.24) is 30.0 Å². The highest BCUT2D eigenvalue weighted by atomic mass is 16.2. The van der Waals surface area contributed by atoms with E-state index in [1.165, 1.54) is 4.68 Å². The zero-order valence-corrected chi connectivity index (χ0v) is 16.5. The number of rotatable bonds is 6. The Morgan fingerprint density at radius 3 is 2.71 bits per heavy atom. The number of anilines is 1. The number of fused-ring (bicyclic) bond motifs is 1. The first-order valence-corrected chi connectivity index (χ1v) is 10.00. The maximum absolute atomic E-state index is 12.6. The van der Waals surface area contributed by atoms with Gasteiger partial charge in [-0.25, -0.2) is 9.36 Å². The molecule has 0 aliphatic heterocycles. The van der Waals surface area contributed by atoms with Gasteiger partial charge in [0, 0.05) is 17.7 Å². The van der Waals surface area contributed by atoms with E-state index in [0.29, 0.717) is 28.3 Å². The molecule has 10 heteroatoms. The minimum absolute atomic E-state index is 0.0260. The van der Waals surface area contributed by atoms with Gasteiger partial charge in [0.05, 0.1) is 23.4 Å². The number of hydrogen-bond acceptors (Lipinski definition) is 6. The summed E-state index contributed by atoms with van der Waals surface area (Å²) in [5.41, 5.74) is 0.714. The third-order valence-corrected chi connectivity index (χ3v) is 5.24. The Morgan fingerprint density at radius 2 is 1.90 bits per heavy atom. The van der Waals surface area contributed by atoms with Crippen molar-refractivity contribution in [2.75, 3.05) is 5.32 Å². The number of H-pyrrole nitrogens is 1. The number of nitrogens with one attached hydrogen (secondary N) is 2. The van der Waals surface area contributed by atoms with Gasteiger partial charge >= 0.3 is 0 Å². The highest BCUT2D eigenvalue weighted by molar-refractivity contribution is 5.91. The second kappa shape index (κ2) is 7.63. The van der Waals surface area contributed by atoms with Gasteiger partial charge in [0.15, 0.2) is 5.82 Å². The van der Waals surface area contributed by atoms with E-state index in [-0.39, 0.29) is 30.0 Å². The van der Waals surface area contributed by atoms with Crippen LogP contribution >= 0.6 is 0 Å². The molecule has 2 aromatic heterocycles. The fraction of sp³-hybridized carbons (Fsp3) is 0.238. The average molecular weight is 417 g/mol. The van der Waals surface area contributed by atoms with E-state index in [4.69, 9.17) is 0 Å². The molecule has 10 nitrogen and oxygen atoms in total. The number of aromatic nitrogens is 6. The van der Waals surface area contributed by atoms with Gasteiger partial charge in [-0.3, -0.25) is 19.5 Å². The Hall–Kier alpha value is -4.08. The first kappa shape index (κ1) is 18.9. The second-order valence-electron chi connectivity index (χ2n) is 7.50. The minimum atomic E-state index is -0.364. The molecule has 0 bridgehead atoms. The minimum Gasteiger partial charge on any atom is -0.326 e. The molecule has 1 fully saturated rings. The smallest absolute Gasteiger partial charge is 0.273 e. The van der Waals surface area contributed by atoms with E-state index in [1.54, 1.807) is 30.3 Å². The standard InChI is InChI=1S/C21H19N7O3/c29-18(10-11-27-21(31)17-7-2-1-6-16(17)20(30)24-27)22-14-5-3-4-13(12-14)19-23-25-26-28(19)15-8-9-15/h1-7,12,15H,8-11H2,(H,22,29)(H,24,30). The Kier molecular flexibility index (Phi) is 4.66. The summed E-state index contributed by atoms with van der Waals surface area (Å²) >= 11 is 0. The van der Waals surface area contributed by atoms with Gasteiger partial charge in [-0.05, 0) is 47.5 Å². The highest BCUT2D eigenvalue weighted by Gasteiger charge is 2.28. The summed E-state index contributed by atoms with van der Waals surface area (Å²) in [6.07, 6.45) is 2.15. The normalized spacial score (nSPS) is 13.4. The first-order valence-electron chi connectivity index (χ1n) is 10.00. The topological polar surface area (TPSA) is 128 Å². The fourth-order valence-corrected chi connectivity index (χ4v) is 3.53. The Morgan fingerprint density at radius 1 is 1.10 bits per heavy atom. The van der Waals surface area contributed by atoms with Gasteiger partial charge in [0.25, 0.3) is 11.1 Å². The molecule has 1 amide bonds. The second-order valence-corrected chi connectivity index (χ2v) is 7.50. The molecule has 1 aliphatic carbocycles. The van der Waals surface area contributed by atoms with Crippen LogP contribution in [0.2, 0.25) is 0 Å². The molecular weight excluding hydrogens is 398 g/mol. The molecule has 0 atom stereocenters. The lowest BCUT2D eigenvalue weighted by Gasteiger charge is -2.09. The van der Waals surface area contributed by atoms with E-state index in [0.717, 1.165) is 18.4 Å². The number of benzene rings is 2.